The monoisotopic (exact) mass is 283 g/mol. The summed E-state index contributed by atoms with van der Waals surface area (Å²) in [5.74, 6) is 0.504. The quantitative estimate of drug-likeness (QED) is 0.614. The number of carboxylic acid groups (broad SMARTS) is 1. The molecule has 0 unspecified atom stereocenters. The van der Waals surface area contributed by atoms with E-state index in [-0.39, 0.29) is 12.5 Å². The highest BCUT2D eigenvalue weighted by atomic mass is 16.4. The number of unbranched alkanes of at least 4 members (excludes halogenated alkanes) is 2. The van der Waals surface area contributed by atoms with Crippen LogP contribution in [-0.2, 0) is 11.3 Å². The Bertz CT molecular complexity index is 446. The van der Waals surface area contributed by atoms with Gasteiger partial charge in [0.05, 0.1) is 6.54 Å². The fraction of sp³-hybridized carbons (Fsp3) is 0.667. The van der Waals surface area contributed by atoms with Crippen LogP contribution in [0.25, 0.3) is 0 Å². The third-order valence-corrected chi connectivity index (χ3v) is 2.71. The average molecular weight is 283 g/mol. The second-order valence-corrected chi connectivity index (χ2v) is 4.63. The van der Waals surface area contributed by atoms with E-state index in [0.29, 0.717) is 31.2 Å². The van der Waals surface area contributed by atoms with Crippen LogP contribution in [0.4, 0.5) is 4.79 Å². The van der Waals surface area contributed by atoms with Gasteiger partial charge in [-0.25, -0.2) is 9.78 Å². The van der Waals surface area contributed by atoms with Crippen LogP contribution < -0.4 is 5.32 Å². The number of nitrogens with zero attached hydrogens (tertiary/aromatic N) is 3. The first-order valence-electron chi connectivity index (χ1n) is 6.57. The van der Waals surface area contributed by atoms with Crippen LogP contribution in [0.15, 0.2) is 0 Å². The summed E-state index contributed by atoms with van der Waals surface area (Å²) >= 11 is 0. The summed E-state index contributed by atoms with van der Waals surface area (Å²) < 4.78 is 0. The van der Waals surface area contributed by atoms with Gasteiger partial charge in [-0.05, 0) is 19.8 Å². The minimum Gasteiger partial charge on any atom is -0.481 e. The highest BCUT2D eigenvalue weighted by Gasteiger charge is 2.10. The number of aromatic nitrogens is 3. The number of aromatic amines is 1. The molecule has 0 spiro atoms. The molecule has 0 radical (unpaired) electrons. The molecule has 0 saturated heterocycles. The molecule has 1 aromatic rings. The van der Waals surface area contributed by atoms with Gasteiger partial charge in [0.15, 0.2) is 5.82 Å². The Hall–Kier alpha value is -2.12. The van der Waals surface area contributed by atoms with E-state index in [4.69, 9.17) is 5.11 Å². The van der Waals surface area contributed by atoms with E-state index >= 15 is 0 Å². The summed E-state index contributed by atoms with van der Waals surface area (Å²) in [6, 6.07) is -0.189. The van der Waals surface area contributed by atoms with E-state index in [9.17, 15) is 9.59 Å². The number of aliphatic carboxylic acids is 1. The molecule has 3 N–H and O–H groups in total. The number of H-pyrrole nitrogens is 1. The Kier molecular flexibility index (Phi) is 6.48. The average Bonchev–Trinajstić information content (AvgIpc) is 2.78. The number of aryl methyl sites for hydroxylation is 1. The molecule has 0 saturated carbocycles. The minimum atomic E-state index is -0.782. The number of hydrogen-bond acceptors (Lipinski definition) is 4. The second kappa shape index (κ2) is 8.13. The lowest BCUT2D eigenvalue weighted by Crippen LogP contribution is -2.37. The molecule has 1 heterocycles. The number of nitrogens with one attached hydrogen (secondary N) is 2. The van der Waals surface area contributed by atoms with Crippen molar-refractivity contribution in [3.63, 3.8) is 0 Å². The first-order chi connectivity index (χ1) is 9.49. The zero-order valence-electron chi connectivity index (χ0n) is 11.8. The standard InChI is InChI=1S/C12H21N5O3/c1-9-14-10(16-15-9)8-17(2)12(20)13-7-5-3-4-6-11(18)19/h3-8H2,1-2H3,(H,13,20)(H,18,19)(H,14,15,16). The van der Waals surface area contributed by atoms with Gasteiger partial charge in [0.2, 0.25) is 0 Å². The van der Waals surface area contributed by atoms with Gasteiger partial charge >= 0.3 is 12.0 Å². The van der Waals surface area contributed by atoms with E-state index in [1.54, 1.807) is 14.0 Å². The molecule has 1 aromatic heterocycles. The van der Waals surface area contributed by atoms with E-state index in [0.717, 1.165) is 12.8 Å². The molecule has 8 heteroatoms. The lowest BCUT2D eigenvalue weighted by atomic mass is 10.2. The molecule has 0 atom stereocenters. The van der Waals surface area contributed by atoms with Crippen molar-refractivity contribution in [2.45, 2.75) is 39.2 Å². The molecule has 1 rings (SSSR count). The number of carbonyl (C=O) groups excluding carboxylic acids is 1. The molecule has 8 nitrogen and oxygen atoms in total. The predicted octanol–water partition coefficient (Wildman–Crippen LogP) is 0.900. The number of rotatable bonds is 8. The van der Waals surface area contributed by atoms with Gasteiger partial charge in [-0.15, -0.1) is 0 Å². The summed E-state index contributed by atoms with van der Waals surface area (Å²) in [4.78, 5) is 27.7. The molecule has 0 aliphatic heterocycles. The van der Waals surface area contributed by atoms with Crippen LogP contribution in [0.1, 0.15) is 37.3 Å². The molecular weight excluding hydrogens is 262 g/mol. The Morgan fingerprint density at radius 3 is 2.70 bits per heavy atom. The van der Waals surface area contributed by atoms with E-state index in [2.05, 4.69) is 20.5 Å². The number of carboxylic acids is 1. The maximum absolute atomic E-state index is 11.8. The fourth-order valence-corrected chi connectivity index (χ4v) is 1.65. The topological polar surface area (TPSA) is 111 Å². The van der Waals surface area contributed by atoms with Gasteiger partial charge < -0.3 is 15.3 Å². The third-order valence-electron chi connectivity index (χ3n) is 2.71. The van der Waals surface area contributed by atoms with E-state index < -0.39 is 5.97 Å². The van der Waals surface area contributed by atoms with Crippen molar-refractivity contribution in [3.05, 3.63) is 11.6 Å². The zero-order chi connectivity index (χ0) is 15.0. The number of amides is 2. The molecule has 0 aliphatic rings. The summed E-state index contributed by atoms with van der Waals surface area (Å²) in [6.07, 6.45) is 2.37. The van der Waals surface area contributed by atoms with Crippen molar-refractivity contribution >= 4 is 12.0 Å². The normalized spacial score (nSPS) is 10.3. The van der Waals surface area contributed by atoms with Crippen molar-refractivity contribution in [3.8, 4) is 0 Å². The fourth-order valence-electron chi connectivity index (χ4n) is 1.65. The van der Waals surface area contributed by atoms with Gasteiger partial charge in [0.1, 0.15) is 5.82 Å². The van der Waals surface area contributed by atoms with Crippen molar-refractivity contribution in [2.75, 3.05) is 13.6 Å². The Morgan fingerprint density at radius 1 is 1.35 bits per heavy atom. The highest BCUT2D eigenvalue weighted by Crippen LogP contribution is 2.00. The molecule has 0 bridgehead atoms. The highest BCUT2D eigenvalue weighted by molar-refractivity contribution is 5.73. The first kappa shape index (κ1) is 15.9. The van der Waals surface area contributed by atoms with Crippen LogP contribution in [0, 0.1) is 6.92 Å². The van der Waals surface area contributed by atoms with E-state index in [1.807, 2.05) is 0 Å². The molecule has 0 aromatic carbocycles. The van der Waals surface area contributed by atoms with Gasteiger partial charge in [-0.3, -0.25) is 9.89 Å². The Labute approximate surface area is 117 Å². The van der Waals surface area contributed by atoms with Crippen molar-refractivity contribution < 1.29 is 14.7 Å². The van der Waals surface area contributed by atoms with Crippen LogP contribution in [0.5, 0.6) is 0 Å². The molecule has 20 heavy (non-hydrogen) atoms. The Morgan fingerprint density at radius 2 is 2.10 bits per heavy atom. The van der Waals surface area contributed by atoms with Gasteiger partial charge in [-0.1, -0.05) is 6.42 Å². The van der Waals surface area contributed by atoms with E-state index in [1.165, 1.54) is 4.90 Å². The molecule has 0 fully saturated rings. The molecule has 112 valence electrons. The number of carbonyl (C=O) groups is 2. The van der Waals surface area contributed by atoms with Gasteiger partial charge in [0.25, 0.3) is 0 Å². The SMILES string of the molecule is Cc1nc(CN(C)C(=O)NCCCCCC(=O)O)n[nH]1. The summed E-state index contributed by atoms with van der Waals surface area (Å²) in [6.45, 7) is 2.68. The number of urea groups is 1. The van der Waals surface area contributed by atoms with Crippen LogP contribution in [-0.4, -0.2) is 50.8 Å². The lowest BCUT2D eigenvalue weighted by Gasteiger charge is -2.16. The minimum absolute atomic E-state index is 0.179. The number of hydrogen-bond donors (Lipinski definition) is 3. The first-order valence-corrected chi connectivity index (χ1v) is 6.57. The molecular formula is C12H21N5O3. The molecule has 2 amide bonds. The largest absolute Gasteiger partial charge is 0.481 e. The maximum Gasteiger partial charge on any atom is 0.317 e. The summed E-state index contributed by atoms with van der Waals surface area (Å²) in [5, 5.41) is 17.9. The van der Waals surface area contributed by atoms with Gasteiger partial charge in [0, 0.05) is 20.0 Å². The third kappa shape index (κ3) is 6.17. The van der Waals surface area contributed by atoms with Crippen molar-refractivity contribution in [1.82, 2.24) is 25.4 Å². The van der Waals surface area contributed by atoms with Crippen LogP contribution >= 0.6 is 0 Å². The van der Waals surface area contributed by atoms with Crippen LogP contribution in [0.2, 0.25) is 0 Å². The van der Waals surface area contributed by atoms with Crippen LogP contribution in [0.3, 0.4) is 0 Å². The molecule has 0 aliphatic carbocycles. The zero-order valence-corrected chi connectivity index (χ0v) is 11.8. The lowest BCUT2D eigenvalue weighted by molar-refractivity contribution is -0.137. The van der Waals surface area contributed by atoms with Crippen molar-refractivity contribution in [2.24, 2.45) is 0 Å². The Balaban J connectivity index is 2.14. The van der Waals surface area contributed by atoms with Crippen molar-refractivity contribution in [1.29, 1.82) is 0 Å². The summed E-state index contributed by atoms with van der Waals surface area (Å²) in [7, 11) is 1.67. The van der Waals surface area contributed by atoms with Gasteiger partial charge in [-0.2, -0.15) is 5.10 Å². The summed E-state index contributed by atoms with van der Waals surface area (Å²) in [5.41, 5.74) is 0. The smallest absolute Gasteiger partial charge is 0.317 e. The predicted molar refractivity (Wildman–Crippen MR) is 72.1 cm³/mol. The second-order valence-electron chi connectivity index (χ2n) is 4.63. The maximum atomic E-state index is 11.8.